The number of hydrogen-bond donors (Lipinski definition) is 2. The van der Waals surface area contributed by atoms with E-state index in [-0.39, 0.29) is 5.91 Å². The summed E-state index contributed by atoms with van der Waals surface area (Å²) in [7, 11) is 1.66. The van der Waals surface area contributed by atoms with Gasteiger partial charge in [0, 0.05) is 19.7 Å². The largest absolute Gasteiger partial charge is 0.383 e. The SMILES string of the molecule is COCCn1cc(NC(=O)CC(C)C2CCNCC2)cn1. The predicted octanol–water partition coefficient (Wildman–Crippen LogP) is 1.49. The molecule has 0 aliphatic carbocycles. The predicted molar refractivity (Wildman–Crippen MR) is 82.1 cm³/mol. The zero-order valence-corrected chi connectivity index (χ0v) is 13.0. The number of hydrogen-bond acceptors (Lipinski definition) is 4. The average Bonchev–Trinajstić information content (AvgIpc) is 2.93. The summed E-state index contributed by atoms with van der Waals surface area (Å²) in [6.07, 6.45) is 6.44. The van der Waals surface area contributed by atoms with Crippen LogP contribution < -0.4 is 10.6 Å². The molecule has 1 aliphatic rings. The average molecular weight is 294 g/mol. The Morgan fingerprint density at radius 2 is 2.33 bits per heavy atom. The minimum atomic E-state index is 0.0762. The van der Waals surface area contributed by atoms with Crippen LogP contribution in [0.2, 0.25) is 0 Å². The molecule has 6 nitrogen and oxygen atoms in total. The monoisotopic (exact) mass is 294 g/mol. The molecule has 1 fully saturated rings. The number of carbonyl (C=O) groups is 1. The molecule has 1 aliphatic heterocycles. The van der Waals surface area contributed by atoms with E-state index in [1.807, 2.05) is 6.20 Å². The van der Waals surface area contributed by atoms with Crippen LogP contribution in [0.1, 0.15) is 26.2 Å². The van der Waals surface area contributed by atoms with Gasteiger partial charge in [0.1, 0.15) is 0 Å². The van der Waals surface area contributed by atoms with Crippen LogP contribution in [-0.2, 0) is 16.1 Å². The number of rotatable bonds is 7. The van der Waals surface area contributed by atoms with Crippen molar-refractivity contribution in [3.8, 4) is 0 Å². The van der Waals surface area contributed by atoms with E-state index in [4.69, 9.17) is 4.74 Å². The molecule has 6 heteroatoms. The van der Waals surface area contributed by atoms with Crippen molar-refractivity contribution in [2.24, 2.45) is 11.8 Å². The Morgan fingerprint density at radius 3 is 3.05 bits per heavy atom. The van der Waals surface area contributed by atoms with E-state index in [2.05, 4.69) is 22.7 Å². The first-order valence-electron chi connectivity index (χ1n) is 7.71. The summed E-state index contributed by atoms with van der Waals surface area (Å²) in [6.45, 7) is 5.63. The molecular formula is C15H26N4O2. The summed E-state index contributed by atoms with van der Waals surface area (Å²) in [4.78, 5) is 12.1. The number of nitrogens with zero attached hydrogens (tertiary/aromatic N) is 2. The van der Waals surface area contributed by atoms with E-state index in [0.717, 1.165) is 18.8 Å². The lowest BCUT2D eigenvalue weighted by molar-refractivity contribution is -0.117. The number of amides is 1. The number of ether oxygens (including phenoxy) is 1. The summed E-state index contributed by atoms with van der Waals surface area (Å²) in [6, 6.07) is 0. The minimum absolute atomic E-state index is 0.0762. The molecule has 1 saturated heterocycles. The van der Waals surface area contributed by atoms with Crippen molar-refractivity contribution >= 4 is 11.6 Å². The molecule has 0 radical (unpaired) electrons. The first kappa shape index (κ1) is 16.0. The second kappa shape index (κ2) is 8.14. The van der Waals surface area contributed by atoms with E-state index < -0.39 is 0 Å². The normalized spacial score (nSPS) is 17.6. The van der Waals surface area contributed by atoms with E-state index in [0.29, 0.717) is 31.4 Å². The van der Waals surface area contributed by atoms with Crippen molar-refractivity contribution in [3.05, 3.63) is 12.4 Å². The number of piperidine rings is 1. The number of aromatic nitrogens is 2. The van der Waals surface area contributed by atoms with Crippen LogP contribution in [0.3, 0.4) is 0 Å². The first-order valence-corrected chi connectivity index (χ1v) is 7.71. The van der Waals surface area contributed by atoms with E-state index >= 15 is 0 Å². The lowest BCUT2D eigenvalue weighted by Gasteiger charge is -2.27. The van der Waals surface area contributed by atoms with Crippen molar-refractivity contribution in [1.82, 2.24) is 15.1 Å². The maximum Gasteiger partial charge on any atom is 0.224 e. The van der Waals surface area contributed by atoms with Gasteiger partial charge in [-0.3, -0.25) is 9.48 Å². The fraction of sp³-hybridized carbons (Fsp3) is 0.733. The Bertz CT molecular complexity index is 441. The van der Waals surface area contributed by atoms with E-state index in [1.165, 1.54) is 12.8 Å². The number of methoxy groups -OCH3 is 1. The molecule has 2 rings (SSSR count). The number of nitrogens with one attached hydrogen (secondary N) is 2. The Hall–Kier alpha value is -1.40. The van der Waals surface area contributed by atoms with Crippen molar-refractivity contribution in [2.75, 3.05) is 32.1 Å². The maximum atomic E-state index is 12.1. The summed E-state index contributed by atoms with van der Waals surface area (Å²) in [5, 5.41) is 10.5. The van der Waals surface area contributed by atoms with Crippen LogP contribution in [0.4, 0.5) is 5.69 Å². The zero-order chi connectivity index (χ0) is 15.1. The second-order valence-electron chi connectivity index (χ2n) is 5.80. The van der Waals surface area contributed by atoms with Crippen LogP contribution in [0, 0.1) is 11.8 Å². The third kappa shape index (κ3) is 5.13. The van der Waals surface area contributed by atoms with Gasteiger partial charge in [0.05, 0.1) is 25.0 Å². The zero-order valence-electron chi connectivity index (χ0n) is 13.0. The number of carbonyl (C=O) groups excluding carboxylic acids is 1. The molecule has 1 aromatic heterocycles. The minimum Gasteiger partial charge on any atom is -0.383 e. The highest BCUT2D eigenvalue weighted by Gasteiger charge is 2.22. The summed E-state index contributed by atoms with van der Waals surface area (Å²) in [5.74, 6) is 1.16. The Kier molecular flexibility index (Phi) is 6.20. The molecule has 0 spiro atoms. The highest BCUT2D eigenvalue weighted by molar-refractivity contribution is 5.90. The van der Waals surface area contributed by atoms with Gasteiger partial charge >= 0.3 is 0 Å². The van der Waals surface area contributed by atoms with Crippen molar-refractivity contribution < 1.29 is 9.53 Å². The molecule has 0 bridgehead atoms. The molecule has 1 unspecified atom stereocenters. The molecular weight excluding hydrogens is 268 g/mol. The molecule has 2 N–H and O–H groups in total. The lowest BCUT2D eigenvalue weighted by atomic mass is 9.84. The van der Waals surface area contributed by atoms with E-state index in [1.54, 1.807) is 18.0 Å². The number of anilines is 1. The Labute approximate surface area is 126 Å². The molecule has 1 aromatic rings. The van der Waals surface area contributed by atoms with Crippen LogP contribution in [0.5, 0.6) is 0 Å². The highest BCUT2D eigenvalue weighted by Crippen LogP contribution is 2.24. The van der Waals surface area contributed by atoms with Crippen molar-refractivity contribution in [1.29, 1.82) is 0 Å². The second-order valence-corrected chi connectivity index (χ2v) is 5.80. The summed E-state index contributed by atoms with van der Waals surface area (Å²) in [5.41, 5.74) is 0.758. The van der Waals surface area contributed by atoms with Gasteiger partial charge in [-0.25, -0.2) is 0 Å². The van der Waals surface area contributed by atoms with Crippen molar-refractivity contribution in [3.63, 3.8) is 0 Å². The van der Waals surface area contributed by atoms with Gasteiger partial charge in [-0.1, -0.05) is 6.92 Å². The van der Waals surface area contributed by atoms with Gasteiger partial charge in [0.25, 0.3) is 0 Å². The molecule has 21 heavy (non-hydrogen) atoms. The van der Waals surface area contributed by atoms with Gasteiger partial charge in [-0.2, -0.15) is 5.10 Å². The quantitative estimate of drug-likeness (QED) is 0.799. The molecule has 1 amide bonds. The van der Waals surface area contributed by atoms with Crippen LogP contribution in [0.15, 0.2) is 12.4 Å². The van der Waals surface area contributed by atoms with Gasteiger partial charge in [-0.15, -0.1) is 0 Å². The van der Waals surface area contributed by atoms with Gasteiger partial charge < -0.3 is 15.4 Å². The molecule has 0 saturated carbocycles. The van der Waals surface area contributed by atoms with Crippen molar-refractivity contribution in [2.45, 2.75) is 32.7 Å². The van der Waals surface area contributed by atoms with Gasteiger partial charge in [0.15, 0.2) is 0 Å². The lowest BCUT2D eigenvalue weighted by Crippen LogP contribution is -2.32. The van der Waals surface area contributed by atoms with Gasteiger partial charge in [0.2, 0.25) is 5.91 Å². The Morgan fingerprint density at radius 1 is 1.57 bits per heavy atom. The fourth-order valence-corrected chi connectivity index (χ4v) is 2.82. The summed E-state index contributed by atoms with van der Waals surface area (Å²) >= 11 is 0. The Balaban J connectivity index is 1.76. The molecule has 1 atom stereocenters. The topological polar surface area (TPSA) is 68.2 Å². The smallest absolute Gasteiger partial charge is 0.224 e. The summed E-state index contributed by atoms with van der Waals surface area (Å²) < 4.78 is 6.78. The molecule has 0 aromatic carbocycles. The first-order chi connectivity index (χ1) is 10.2. The van der Waals surface area contributed by atoms with E-state index in [9.17, 15) is 4.79 Å². The standard InChI is InChI=1S/C15H26N4O2/c1-12(13-3-5-16-6-4-13)9-15(20)18-14-10-17-19(11-14)7-8-21-2/h10-13,16H,3-9H2,1-2H3,(H,18,20). The maximum absolute atomic E-state index is 12.1. The van der Waals surface area contributed by atoms with Crippen LogP contribution in [-0.4, -0.2) is 42.5 Å². The highest BCUT2D eigenvalue weighted by atomic mass is 16.5. The van der Waals surface area contributed by atoms with Crippen LogP contribution >= 0.6 is 0 Å². The fourth-order valence-electron chi connectivity index (χ4n) is 2.82. The third-order valence-electron chi connectivity index (χ3n) is 4.14. The van der Waals surface area contributed by atoms with Crippen LogP contribution in [0.25, 0.3) is 0 Å². The third-order valence-corrected chi connectivity index (χ3v) is 4.14. The molecule has 2 heterocycles. The van der Waals surface area contributed by atoms with Gasteiger partial charge in [-0.05, 0) is 37.8 Å². The molecule has 118 valence electrons.